The highest BCUT2D eigenvalue weighted by Gasteiger charge is 2.02. The lowest BCUT2D eigenvalue weighted by molar-refractivity contribution is 0.132. The molecule has 0 amide bonds. The van der Waals surface area contributed by atoms with Crippen molar-refractivity contribution >= 4 is 5.69 Å². The van der Waals surface area contributed by atoms with Gasteiger partial charge in [-0.25, -0.2) is 4.39 Å². The minimum absolute atomic E-state index is 0.0562. The molecule has 0 aliphatic rings. The molecule has 0 saturated carbocycles. The third-order valence-corrected chi connectivity index (χ3v) is 2.50. The van der Waals surface area contributed by atoms with E-state index in [1.807, 2.05) is 6.07 Å². The molecule has 0 bridgehead atoms. The van der Waals surface area contributed by atoms with E-state index in [2.05, 4.69) is 19.2 Å². The summed E-state index contributed by atoms with van der Waals surface area (Å²) < 4.78 is 18.5. The van der Waals surface area contributed by atoms with E-state index in [1.54, 1.807) is 6.07 Å². The first kappa shape index (κ1) is 14.5. The van der Waals surface area contributed by atoms with Gasteiger partial charge in [0.15, 0.2) is 0 Å². The van der Waals surface area contributed by atoms with Crippen LogP contribution in [0, 0.1) is 23.1 Å². The molecule has 0 saturated heterocycles. The standard InChI is InChI=1S/C14H19FN2O/c1-11(2)5-7-18-8-6-17-13-3-4-14(15)12(9-13)10-16/h3-4,9,11,17H,5-8H2,1-2H3. The van der Waals surface area contributed by atoms with E-state index >= 15 is 0 Å². The van der Waals surface area contributed by atoms with Crippen molar-refractivity contribution in [1.29, 1.82) is 5.26 Å². The number of rotatable bonds is 7. The highest BCUT2D eigenvalue weighted by molar-refractivity contribution is 5.49. The lowest BCUT2D eigenvalue weighted by Gasteiger charge is -2.09. The van der Waals surface area contributed by atoms with Crippen molar-refractivity contribution < 1.29 is 9.13 Å². The molecule has 18 heavy (non-hydrogen) atoms. The van der Waals surface area contributed by atoms with Gasteiger partial charge in [0.25, 0.3) is 0 Å². The van der Waals surface area contributed by atoms with Crippen LogP contribution in [0.25, 0.3) is 0 Å². The van der Waals surface area contributed by atoms with Crippen LogP contribution < -0.4 is 5.32 Å². The summed E-state index contributed by atoms with van der Waals surface area (Å²) in [6.07, 6.45) is 1.05. The average molecular weight is 250 g/mol. The first-order chi connectivity index (χ1) is 8.63. The van der Waals surface area contributed by atoms with Crippen LogP contribution in [0.1, 0.15) is 25.8 Å². The molecule has 0 aromatic heterocycles. The van der Waals surface area contributed by atoms with E-state index in [9.17, 15) is 4.39 Å². The van der Waals surface area contributed by atoms with Crippen molar-refractivity contribution in [3.05, 3.63) is 29.6 Å². The summed E-state index contributed by atoms with van der Waals surface area (Å²) >= 11 is 0. The maximum Gasteiger partial charge on any atom is 0.141 e. The zero-order chi connectivity index (χ0) is 13.4. The van der Waals surface area contributed by atoms with Crippen LogP contribution in [0.4, 0.5) is 10.1 Å². The highest BCUT2D eigenvalue weighted by atomic mass is 19.1. The second-order valence-corrected chi connectivity index (χ2v) is 4.53. The van der Waals surface area contributed by atoms with Gasteiger partial charge >= 0.3 is 0 Å². The Balaban J connectivity index is 2.26. The summed E-state index contributed by atoms with van der Waals surface area (Å²) in [7, 11) is 0. The fourth-order valence-electron chi connectivity index (χ4n) is 1.41. The van der Waals surface area contributed by atoms with E-state index in [0.29, 0.717) is 19.1 Å². The van der Waals surface area contributed by atoms with Crippen molar-refractivity contribution in [2.75, 3.05) is 25.1 Å². The summed E-state index contributed by atoms with van der Waals surface area (Å²) in [6, 6.07) is 6.22. The number of nitrogens with one attached hydrogen (secondary N) is 1. The third kappa shape index (κ3) is 5.15. The van der Waals surface area contributed by atoms with Gasteiger partial charge in [0.05, 0.1) is 12.2 Å². The Morgan fingerprint density at radius 1 is 1.39 bits per heavy atom. The Morgan fingerprint density at radius 2 is 2.17 bits per heavy atom. The van der Waals surface area contributed by atoms with Crippen LogP contribution in [0.2, 0.25) is 0 Å². The second-order valence-electron chi connectivity index (χ2n) is 4.53. The fraction of sp³-hybridized carbons (Fsp3) is 0.500. The number of hydrogen-bond donors (Lipinski definition) is 1. The van der Waals surface area contributed by atoms with Crippen LogP contribution in [0.15, 0.2) is 18.2 Å². The summed E-state index contributed by atoms with van der Waals surface area (Å²) in [5.74, 6) is 0.157. The maximum atomic E-state index is 13.1. The third-order valence-electron chi connectivity index (χ3n) is 2.50. The summed E-state index contributed by atoms with van der Waals surface area (Å²) in [5, 5.41) is 11.8. The van der Waals surface area contributed by atoms with E-state index in [-0.39, 0.29) is 5.56 Å². The minimum atomic E-state index is -0.490. The number of benzene rings is 1. The van der Waals surface area contributed by atoms with Gasteiger partial charge < -0.3 is 10.1 Å². The van der Waals surface area contributed by atoms with Gasteiger partial charge in [0, 0.05) is 18.8 Å². The van der Waals surface area contributed by atoms with Crippen molar-refractivity contribution in [3.63, 3.8) is 0 Å². The van der Waals surface area contributed by atoms with Crippen LogP contribution in [0.5, 0.6) is 0 Å². The molecule has 98 valence electrons. The largest absolute Gasteiger partial charge is 0.383 e. The molecule has 0 heterocycles. The van der Waals surface area contributed by atoms with Crippen LogP contribution in [-0.2, 0) is 4.74 Å². The highest BCUT2D eigenvalue weighted by Crippen LogP contribution is 2.13. The van der Waals surface area contributed by atoms with Gasteiger partial charge in [-0.15, -0.1) is 0 Å². The van der Waals surface area contributed by atoms with E-state index < -0.39 is 5.82 Å². The van der Waals surface area contributed by atoms with Gasteiger partial charge in [0.2, 0.25) is 0 Å². The molecule has 3 nitrogen and oxygen atoms in total. The number of nitrogens with zero attached hydrogens (tertiary/aromatic N) is 1. The molecular weight excluding hydrogens is 231 g/mol. The Labute approximate surface area is 108 Å². The molecular formula is C14H19FN2O. The number of halogens is 1. The van der Waals surface area contributed by atoms with E-state index in [0.717, 1.165) is 18.7 Å². The van der Waals surface area contributed by atoms with Crippen molar-refractivity contribution in [1.82, 2.24) is 0 Å². The molecule has 0 aliphatic heterocycles. The fourth-order valence-corrected chi connectivity index (χ4v) is 1.41. The molecule has 1 aromatic carbocycles. The predicted molar refractivity (Wildman–Crippen MR) is 69.9 cm³/mol. The molecule has 1 N–H and O–H groups in total. The molecule has 0 atom stereocenters. The van der Waals surface area contributed by atoms with Crippen LogP contribution in [0.3, 0.4) is 0 Å². The molecule has 0 radical (unpaired) electrons. The normalized spacial score (nSPS) is 10.4. The van der Waals surface area contributed by atoms with Gasteiger partial charge in [-0.3, -0.25) is 0 Å². The molecule has 0 unspecified atom stereocenters. The Hall–Kier alpha value is -1.60. The Morgan fingerprint density at radius 3 is 2.83 bits per heavy atom. The molecule has 4 heteroatoms. The lowest BCUT2D eigenvalue weighted by Crippen LogP contribution is -2.11. The smallest absolute Gasteiger partial charge is 0.141 e. The maximum absolute atomic E-state index is 13.1. The van der Waals surface area contributed by atoms with E-state index in [1.165, 1.54) is 12.1 Å². The first-order valence-corrected chi connectivity index (χ1v) is 6.14. The quantitative estimate of drug-likeness (QED) is 0.756. The van der Waals surface area contributed by atoms with Crippen LogP contribution >= 0.6 is 0 Å². The number of anilines is 1. The Kier molecular flexibility index (Phi) is 6.16. The SMILES string of the molecule is CC(C)CCOCCNc1ccc(F)c(C#N)c1. The number of ether oxygens (including phenoxy) is 1. The molecule has 1 rings (SSSR count). The summed E-state index contributed by atoms with van der Waals surface area (Å²) in [5.41, 5.74) is 0.793. The molecule has 0 fully saturated rings. The molecule has 1 aromatic rings. The van der Waals surface area contributed by atoms with Gasteiger partial charge in [0.1, 0.15) is 11.9 Å². The monoisotopic (exact) mass is 250 g/mol. The zero-order valence-electron chi connectivity index (χ0n) is 10.9. The number of hydrogen-bond acceptors (Lipinski definition) is 3. The van der Waals surface area contributed by atoms with Crippen molar-refractivity contribution in [2.45, 2.75) is 20.3 Å². The molecule has 0 spiro atoms. The van der Waals surface area contributed by atoms with E-state index in [4.69, 9.17) is 10.00 Å². The number of nitriles is 1. The lowest BCUT2D eigenvalue weighted by atomic mass is 10.1. The minimum Gasteiger partial charge on any atom is -0.383 e. The predicted octanol–water partition coefficient (Wildman–Crippen LogP) is 3.17. The van der Waals surface area contributed by atoms with Crippen molar-refractivity contribution in [3.8, 4) is 6.07 Å². The van der Waals surface area contributed by atoms with Crippen molar-refractivity contribution in [2.24, 2.45) is 5.92 Å². The van der Waals surface area contributed by atoms with Gasteiger partial charge in [-0.2, -0.15) is 5.26 Å². The zero-order valence-corrected chi connectivity index (χ0v) is 10.9. The average Bonchev–Trinajstić information content (AvgIpc) is 2.35. The second kappa shape index (κ2) is 7.67. The first-order valence-electron chi connectivity index (χ1n) is 6.14. The summed E-state index contributed by atoms with van der Waals surface area (Å²) in [4.78, 5) is 0. The Bertz CT molecular complexity index is 413. The van der Waals surface area contributed by atoms with Gasteiger partial charge in [-0.1, -0.05) is 13.8 Å². The van der Waals surface area contributed by atoms with Crippen LogP contribution in [-0.4, -0.2) is 19.8 Å². The van der Waals surface area contributed by atoms with Gasteiger partial charge in [-0.05, 0) is 30.5 Å². The molecule has 0 aliphatic carbocycles. The summed E-state index contributed by atoms with van der Waals surface area (Å²) in [6.45, 7) is 6.32. The topological polar surface area (TPSA) is 45.0 Å².